The number of hydrogen-bond acceptors (Lipinski definition) is 5. The molecule has 1 saturated heterocycles. The van der Waals surface area contributed by atoms with E-state index in [9.17, 15) is 9.59 Å². The predicted octanol–water partition coefficient (Wildman–Crippen LogP) is 5.81. The molecule has 2 aliphatic rings. The second-order valence-electron chi connectivity index (χ2n) is 10.3. The Morgan fingerprint density at radius 3 is 2.59 bits per heavy atom. The number of carbonyl (C=O) groups is 2. The lowest BCUT2D eigenvalue weighted by Gasteiger charge is -2.36. The number of hydrogen-bond donors (Lipinski definition) is 2. The highest BCUT2D eigenvalue weighted by Gasteiger charge is 2.36. The number of nitrogens with two attached hydrogens (primary N) is 1. The topological polar surface area (TPSA) is 91.0 Å². The maximum absolute atomic E-state index is 14.2. The van der Waals surface area contributed by atoms with E-state index in [1.807, 2.05) is 56.1 Å². The summed E-state index contributed by atoms with van der Waals surface area (Å²) < 4.78 is 0. The van der Waals surface area contributed by atoms with Crippen molar-refractivity contribution in [3.63, 3.8) is 0 Å². The van der Waals surface area contributed by atoms with Crippen molar-refractivity contribution in [1.82, 2.24) is 10.2 Å². The zero-order chi connectivity index (χ0) is 27.8. The summed E-state index contributed by atoms with van der Waals surface area (Å²) >= 11 is 13.0. The fraction of sp³-hybridized carbons (Fsp3) is 0.300. The molecule has 3 N–H and O–H groups in total. The second-order valence-corrected chi connectivity index (χ2v) is 11.2. The van der Waals surface area contributed by atoms with Crippen LogP contribution in [0.4, 0.5) is 11.4 Å². The molecule has 0 aromatic heterocycles. The molecule has 3 aromatic rings. The minimum atomic E-state index is -0.681. The van der Waals surface area contributed by atoms with Crippen LogP contribution in [0.5, 0.6) is 0 Å². The van der Waals surface area contributed by atoms with Gasteiger partial charge in [0.25, 0.3) is 0 Å². The van der Waals surface area contributed by atoms with Crippen molar-refractivity contribution >= 4 is 52.7 Å². The first kappa shape index (κ1) is 27.2. The van der Waals surface area contributed by atoms with Gasteiger partial charge in [0.15, 0.2) is 0 Å². The number of aliphatic imine (C=N–C) groups is 1. The molecule has 0 radical (unpaired) electrons. The molecule has 39 heavy (non-hydrogen) atoms. The highest BCUT2D eigenvalue weighted by atomic mass is 35.5. The number of carbonyl (C=O) groups excluding carboxylic acids is 2. The van der Waals surface area contributed by atoms with Gasteiger partial charge in [-0.25, -0.2) is 4.99 Å². The van der Waals surface area contributed by atoms with Crippen LogP contribution < -0.4 is 16.0 Å². The Morgan fingerprint density at radius 2 is 1.90 bits per heavy atom. The Kier molecular flexibility index (Phi) is 7.67. The molecule has 3 aromatic carbocycles. The standard InChI is InChI=1S/C30H31Cl2N5O2/c1-17-9-20(31)13-22(10-17)37-16-35-27-11-18(2)23(24-12-19(29(33)38)6-7-26(24)32)14-25(27)28(37)30(39)36(3)15-21-5-4-8-34-21/h6-7,9-14,16,21,28,34H,4-5,8,15H2,1-3H3,(H2,33,38)/t21-,28?/m0/s1. The zero-order valence-electron chi connectivity index (χ0n) is 22.2. The third kappa shape index (κ3) is 5.53. The quantitative estimate of drug-likeness (QED) is 0.396. The number of anilines is 1. The van der Waals surface area contributed by atoms with E-state index < -0.39 is 11.9 Å². The summed E-state index contributed by atoms with van der Waals surface area (Å²) in [5.74, 6) is -0.591. The number of primary amides is 1. The van der Waals surface area contributed by atoms with Crippen molar-refractivity contribution in [3.05, 3.63) is 80.8 Å². The van der Waals surface area contributed by atoms with Gasteiger partial charge < -0.3 is 20.9 Å². The van der Waals surface area contributed by atoms with Crippen molar-refractivity contribution < 1.29 is 9.59 Å². The number of halogens is 2. The van der Waals surface area contributed by atoms with Crippen molar-refractivity contribution in [2.45, 2.75) is 38.8 Å². The van der Waals surface area contributed by atoms with Gasteiger partial charge in [0, 0.05) is 52.1 Å². The molecule has 2 heterocycles. The first-order valence-electron chi connectivity index (χ1n) is 12.9. The van der Waals surface area contributed by atoms with Gasteiger partial charge >= 0.3 is 0 Å². The lowest BCUT2D eigenvalue weighted by Crippen LogP contribution is -2.46. The van der Waals surface area contributed by atoms with Crippen LogP contribution in [0.2, 0.25) is 10.0 Å². The third-order valence-electron chi connectivity index (χ3n) is 7.40. The van der Waals surface area contributed by atoms with Crippen LogP contribution in [-0.2, 0) is 4.79 Å². The smallest absolute Gasteiger partial charge is 0.250 e. The third-order valence-corrected chi connectivity index (χ3v) is 7.95. The molecule has 0 spiro atoms. The van der Waals surface area contributed by atoms with Crippen molar-refractivity contribution in [2.24, 2.45) is 10.7 Å². The van der Waals surface area contributed by atoms with Gasteiger partial charge in [-0.2, -0.15) is 0 Å². The average Bonchev–Trinajstić information content (AvgIpc) is 3.40. The molecule has 0 saturated carbocycles. The lowest BCUT2D eigenvalue weighted by molar-refractivity contribution is -0.131. The molecule has 0 aliphatic carbocycles. The number of nitrogens with zero attached hydrogens (tertiary/aromatic N) is 3. The monoisotopic (exact) mass is 563 g/mol. The number of fused-ring (bicyclic) bond motifs is 1. The minimum Gasteiger partial charge on any atom is -0.366 e. The Balaban J connectivity index is 1.64. The molecule has 7 nitrogen and oxygen atoms in total. The van der Waals surface area contributed by atoms with Gasteiger partial charge in [0.2, 0.25) is 11.8 Å². The van der Waals surface area contributed by atoms with Gasteiger partial charge in [-0.05, 0) is 98.5 Å². The van der Waals surface area contributed by atoms with E-state index in [-0.39, 0.29) is 11.9 Å². The van der Waals surface area contributed by atoms with Gasteiger partial charge in [-0.1, -0.05) is 23.2 Å². The number of likely N-dealkylation sites (N-methyl/N-ethyl adjacent to an activating group) is 1. The molecule has 1 unspecified atom stereocenters. The Bertz CT molecular complexity index is 1460. The largest absolute Gasteiger partial charge is 0.366 e. The average molecular weight is 565 g/mol. The fourth-order valence-electron chi connectivity index (χ4n) is 5.43. The highest BCUT2D eigenvalue weighted by Crippen LogP contribution is 2.42. The molecule has 2 atom stereocenters. The molecule has 5 rings (SSSR count). The van der Waals surface area contributed by atoms with Gasteiger partial charge in [-0.15, -0.1) is 0 Å². The normalized spacial score (nSPS) is 18.2. The number of benzene rings is 3. The number of aryl methyl sites for hydroxylation is 2. The van der Waals surface area contributed by atoms with E-state index in [0.717, 1.165) is 47.3 Å². The fourth-order valence-corrected chi connectivity index (χ4v) is 5.94. The SMILES string of the molecule is Cc1cc(Cl)cc(N2C=Nc3cc(C)c(-c4cc(C(N)=O)ccc4Cl)cc3C2C(=O)N(C)C[C@@H]2CCCN2)c1. The van der Waals surface area contributed by atoms with Crippen LogP contribution in [0, 0.1) is 13.8 Å². The molecule has 2 aliphatic heterocycles. The molecular weight excluding hydrogens is 533 g/mol. The van der Waals surface area contributed by atoms with Gasteiger partial charge in [-0.3, -0.25) is 9.59 Å². The lowest BCUT2D eigenvalue weighted by atomic mass is 9.91. The van der Waals surface area contributed by atoms with E-state index in [1.165, 1.54) is 0 Å². The molecule has 1 fully saturated rings. The Labute approximate surface area is 238 Å². The number of amides is 2. The van der Waals surface area contributed by atoms with Crippen LogP contribution in [0.1, 0.15) is 45.9 Å². The first-order chi connectivity index (χ1) is 18.6. The molecule has 9 heteroatoms. The van der Waals surface area contributed by atoms with Crippen molar-refractivity contribution in [1.29, 1.82) is 0 Å². The zero-order valence-corrected chi connectivity index (χ0v) is 23.7. The van der Waals surface area contributed by atoms with Crippen molar-refractivity contribution in [2.75, 3.05) is 25.0 Å². The van der Waals surface area contributed by atoms with E-state index in [0.29, 0.717) is 33.4 Å². The van der Waals surface area contributed by atoms with E-state index in [2.05, 4.69) is 5.32 Å². The number of rotatable bonds is 6. The molecule has 202 valence electrons. The van der Waals surface area contributed by atoms with Crippen LogP contribution in [0.3, 0.4) is 0 Å². The summed E-state index contributed by atoms with van der Waals surface area (Å²) in [4.78, 5) is 34.5. The molecular formula is C30H31Cl2N5O2. The van der Waals surface area contributed by atoms with Gasteiger partial charge in [0.05, 0.1) is 12.0 Å². The van der Waals surface area contributed by atoms with Crippen LogP contribution in [-0.4, -0.2) is 49.2 Å². The van der Waals surface area contributed by atoms with E-state index in [4.69, 9.17) is 33.9 Å². The summed E-state index contributed by atoms with van der Waals surface area (Å²) in [5.41, 5.74) is 11.5. The Hall–Kier alpha value is -3.39. The van der Waals surface area contributed by atoms with Crippen LogP contribution >= 0.6 is 23.2 Å². The van der Waals surface area contributed by atoms with E-state index >= 15 is 0 Å². The maximum Gasteiger partial charge on any atom is 0.250 e. The summed E-state index contributed by atoms with van der Waals surface area (Å²) in [7, 11) is 1.84. The van der Waals surface area contributed by atoms with Crippen LogP contribution in [0.25, 0.3) is 11.1 Å². The minimum absolute atomic E-state index is 0.0551. The molecule has 0 bridgehead atoms. The summed E-state index contributed by atoms with van der Waals surface area (Å²) in [5, 5.41) is 4.54. The van der Waals surface area contributed by atoms with Crippen molar-refractivity contribution in [3.8, 4) is 11.1 Å². The maximum atomic E-state index is 14.2. The summed E-state index contributed by atoms with van der Waals surface area (Å²) in [6, 6.07) is 14.2. The summed E-state index contributed by atoms with van der Waals surface area (Å²) in [6.07, 6.45) is 3.85. The van der Waals surface area contributed by atoms with Gasteiger partial charge in [0.1, 0.15) is 6.04 Å². The summed E-state index contributed by atoms with van der Waals surface area (Å²) in [6.45, 7) is 5.50. The number of nitrogens with one attached hydrogen (secondary N) is 1. The predicted molar refractivity (Wildman–Crippen MR) is 158 cm³/mol. The second kappa shape index (κ2) is 11.0. The Morgan fingerprint density at radius 1 is 1.10 bits per heavy atom. The highest BCUT2D eigenvalue weighted by molar-refractivity contribution is 6.33. The van der Waals surface area contributed by atoms with Crippen LogP contribution in [0.15, 0.2) is 53.5 Å². The first-order valence-corrected chi connectivity index (χ1v) is 13.7. The van der Waals surface area contributed by atoms with E-state index in [1.54, 1.807) is 29.4 Å². The molecule has 2 amide bonds.